The van der Waals surface area contributed by atoms with Crippen LogP contribution >= 0.6 is 0 Å². The number of fused-ring (bicyclic) bond motifs is 4. The highest BCUT2D eigenvalue weighted by Crippen LogP contribution is 2.40. The lowest BCUT2D eigenvalue weighted by molar-refractivity contribution is -0.633. The number of hydrogen-bond acceptors (Lipinski definition) is 4. The number of furan rings is 1. The molecule has 0 fully saturated rings. The van der Waals surface area contributed by atoms with E-state index in [0.717, 1.165) is 72.3 Å². The number of nitrogens with zero attached hydrogens (tertiary/aromatic N) is 5. The summed E-state index contributed by atoms with van der Waals surface area (Å²) in [5.74, 6) is -0.0236. The molecule has 6 heteroatoms. The van der Waals surface area contributed by atoms with Gasteiger partial charge in [-0.3, -0.25) is 0 Å². The Hall–Kier alpha value is -5.62. The van der Waals surface area contributed by atoms with Crippen LogP contribution in [0.1, 0.15) is 49.4 Å². The maximum Gasteiger partial charge on any atom is 0.298 e. The summed E-state index contributed by atoms with van der Waals surface area (Å²) in [5.41, 5.74) is 9.98. The maximum atomic E-state index is 9.39. The van der Waals surface area contributed by atoms with E-state index in [1.807, 2.05) is 68.4 Å². The van der Waals surface area contributed by atoms with E-state index < -0.39 is 12.7 Å². The van der Waals surface area contributed by atoms with E-state index >= 15 is 0 Å². The summed E-state index contributed by atoms with van der Waals surface area (Å²) in [6.07, 6.45) is 0. The van der Waals surface area contributed by atoms with Gasteiger partial charge in [0.2, 0.25) is 0 Å². The number of hydrogen-bond donors (Lipinski definition) is 0. The highest BCUT2D eigenvalue weighted by molar-refractivity contribution is 6.09. The summed E-state index contributed by atoms with van der Waals surface area (Å²) >= 11 is 0. The first-order valence-corrected chi connectivity index (χ1v) is 15.5. The first-order valence-electron chi connectivity index (χ1n) is 18.3. The molecule has 3 aromatic heterocycles. The first-order chi connectivity index (χ1) is 24.8. The molecule has 0 saturated carbocycles. The Morgan fingerprint density at radius 3 is 2.34 bits per heavy atom. The zero-order chi connectivity index (χ0) is 36.5. The van der Waals surface area contributed by atoms with E-state index in [4.69, 9.17) is 9.90 Å². The molecule has 0 radical (unpaired) electrons. The van der Waals surface area contributed by atoms with Crippen molar-refractivity contribution in [3.8, 4) is 39.6 Å². The van der Waals surface area contributed by atoms with Gasteiger partial charge in [-0.1, -0.05) is 86.6 Å². The van der Waals surface area contributed by atoms with Crippen LogP contribution in [0.3, 0.4) is 0 Å². The molecule has 3 heterocycles. The Balaban J connectivity index is 1.30. The summed E-state index contributed by atoms with van der Waals surface area (Å²) in [7, 11) is 2.08. The van der Waals surface area contributed by atoms with Gasteiger partial charge in [0.25, 0.3) is 5.82 Å². The molecule has 0 aliphatic rings. The molecule has 47 heavy (non-hydrogen) atoms. The van der Waals surface area contributed by atoms with E-state index in [1.165, 1.54) is 0 Å². The number of rotatable bonds is 5. The van der Waals surface area contributed by atoms with E-state index in [-0.39, 0.29) is 24.4 Å². The molecule has 0 spiro atoms. The first kappa shape index (κ1) is 23.7. The van der Waals surface area contributed by atoms with Crippen molar-refractivity contribution >= 4 is 33.0 Å². The summed E-state index contributed by atoms with van der Waals surface area (Å²) in [6.45, 7) is 3.16. The van der Waals surface area contributed by atoms with E-state index in [2.05, 4.69) is 86.6 Å². The lowest BCUT2D eigenvalue weighted by Crippen LogP contribution is -2.30. The van der Waals surface area contributed by atoms with E-state index in [1.54, 1.807) is 0 Å². The number of aromatic nitrogens is 5. The van der Waals surface area contributed by atoms with Gasteiger partial charge in [-0.15, -0.1) is 0 Å². The molecule has 0 unspecified atom stereocenters. The van der Waals surface area contributed by atoms with Crippen LogP contribution in [-0.4, -0.2) is 19.5 Å². The number of benzene rings is 5. The molecule has 0 bridgehead atoms. The predicted octanol–water partition coefficient (Wildman–Crippen LogP) is 9.59. The second kappa shape index (κ2) is 11.0. The van der Waals surface area contributed by atoms with Gasteiger partial charge >= 0.3 is 0 Å². The molecule has 230 valence electrons. The molecule has 0 aliphatic heterocycles. The van der Waals surface area contributed by atoms with Crippen LogP contribution in [-0.2, 0) is 7.05 Å². The molecule has 8 aromatic rings. The topological polar surface area (TPSA) is 60.6 Å². The summed E-state index contributed by atoms with van der Waals surface area (Å²) in [4.78, 5) is 12.5. The predicted molar refractivity (Wildman–Crippen MR) is 190 cm³/mol. The zero-order valence-corrected chi connectivity index (χ0v) is 26.7. The van der Waals surface area contributed by atoms with Gasteiger partial charge in [0, 0.05) is 28.8 Å². The van der Waals surface area contributed by atoms with Crippen molar-refractivity contribution in [3.63, 3.8) is 0 Å². The molecular formula is C41H36N5O+. The zero-order valence-electron chi connectivity index (χ0n) is 31.7. The highest BCUT2D eigenvalue weighted by atomic mass is 16.3. The molecule has 0 amide bonds. The van der Waals surface area contributed by atoms with Crippen LogP contribution in [0.4, 0.5) is 0 Å². The molecule has 0 atom stereocenters. The van der Waals surface area contributed by atoms with E-state index in [0.29, 0.717) is 5.56 Å². The van der Waals surface area contributed by atoms with Gasteiger partial charge in [-0.25, -0.2) is 19.5 Å². The van der Waals surface area contributed by atoms with Gasteiger partial charge in [0.15, 0.2) is 22.4 Å². The van der Waals surface area contributed by atoms with Gasteiger partial charge < -0.3 is 4.42 Å². The minimum atomic E-state index is -2.51. The SMILES string of the molecule is [2H]Cc1nc(-c2ccc(-c3ccc(-n4c(-c5c(C)ccc6c5oc5ccccc56)[n+](C)c5ccccc54)c(C([2H])(C)C)c3)cc2)nc(C([2H])([2H])[2H])n1. The van der Waals surface area contributed by atoms with Crippen LogP contribution < -0.4 is 4.57 Å². The van der Waals surface area contributed by atoms with Crippen LogP contribution in [0.25, 0.3) is 72.6 Å². The molecule has 5 aromatic carbocycles. The minimum Gasteiger partial charge on any atom is -0.455 e. The third-order valence-electron chi connectivity index (χ3n) is 8.93. The number of aryl methyl sites for hydroxylation is 4. The second-order valence-corrected chi connectivity index (χ2v) is 12.1. The Bertz CT molecular complexity index is 2670. The van der Waals surface area contributed by atoms with Gasteiger partial charge in [0.1, 0.15) is 28.5 Å². The Morgan fingerprint density at radius 1 is 0.787 bits per heavy atom. The van der Waals surface area contributed by atoms with Crippen LogP contribution in [0.5, 0.6) is 0 Å². The average molecular weight is 620 g/mol. The van der Waals surface area contributed by atoms with Crippen molar-refractivity contribution in [1.29, 1.82) is 0 Å². The molecule has 0 aliphatic carbocycles. The maximum absolute atomic E-state index is 9.39. The summed E-state index contributed by atoms with van der Waals surface area (Å²) < 4.78 is 51.5. The van der Waals surface area contributed by atoms with Gasteiger partial charge in [-0.05, 0) is 73.6 Å². The lowest BCUT2D eigenvalue weighted by Gasteiger charge is -2.15. The molecule has 0 N–H and O–H groups in total. The quantitative estimate of drug-likeness (QED) is 0.180. The Morgan fingerprint density at radius 2 is 1.53 bits per heavy atom. The summed E-state index contributed by atoms with van der Waals surface area (Å²) in [6, 6.07) is 34.5. The van der Waals surface area contributed by atoms with Crippen molar-refractivity contribution in [3.05, 3.63) is 126 Å². The standard InChI is InChI=1S/C41H36N5O/c1-24(2)33-23-30(28-16-18-29(19-17-28)40-43-26(4)42-27(5)44-40)20-22-34(33)46-36-13-9-8-12-35(36)45(6)41(46)38-25(3)15-21-32-31-11-7-10-14-37(31)47-39(32)38/h7-24H,1-6H3/q+1/i4D,5D3,24D. The minimum absolute atomic E-state index is 0.107. The Kier molecular flexibility index (Phi) is 5.55. The fourth-order valence-corrected chi connectivity index (χ4v) is 6.68. The van der Waals surface area contributed by atoms with Gasteiger partial charge in [-0.2, -0.15) is 4.57 Å². The summed E-state index contributed by atoms with van der Waals surface area (Å²) in [5, 5.41) is 2.12. The monoisotopic (exact) mass is 619 g/mol. The van der Waals surface area contributed by atoms with Crippen molar-refractivity contribution in [1.82, 2.24) is 19.5 Å². The molecule has 6 nitrogen and oxygen atoms in total. The van der Waals surface area contributed by atoms with Crippen molar-refractivity contribution in [2.24, 2.45) is 7.05 Å². The van der Waals surface area contributed by atoms with Crippen LogP contribution in [0.2, 0.25) is 0 Å². The largest absolute Gasteiger partial charge is 0.455 e. The molecule has 8 rings (SSSR count). The fraction of sp³-hybridized carbons (Fsp3) is 0.171. The van der Waals surface area contributed by atoms with Crippen molar-refractivity contribution < 1.29 is 15.8 Å². The van der Waals surface area contributed by atoms with Crippen molar-refractivity contribution in [2.75, 3.05) is 0 Å². The molecular weight excluding hydrogens is 578 g/mol. The molecule has 0 saturated heterocycles. The number of para-hydroxylation sites is 3. The lowest BCUT2D eigenvalue weighted by atomic mass is 9.94. The normalized spacial score (nSPS) is 13.8. The van der Waals surface area contributed by atoms with E-state index in [9.17, 15) is 1.37 Å². The van der Waals surface area contributed by atoms with Crippen LogP contribution in [0, 0.1) is 20.7 Å². The highest BCUT2D eigenvalue weighted by Gasteiger charge is 2.31. The van der Waals surface area contributed by atoms with Gasteiger partial charge in [0.05, 0.1) is 7.05 Å². The number of imidazole rings is 1. The Labute approximate surface area is 281 Å². The van der Waals surface area contributed by atoms with Crippen molar-refractivity contribution in [2.45, 2.75) is 40.4 Å². The third-order valence-corrected chi connectivity index (χ3v) is 8.93. The fourth-order valence-electron chi connectivity index (χ4n) is 6.68. The smallest absolute Gasteiger partial charge is 0.298 e. The third kappa shape index (κ3) is 4.71. The van der Waals surface area contributed by atoms with Crippen LogP contribution in [0.15, 0.2) is 108 Å². The second-order valence-electron chi connectivity index (χ2n) is 12.1. The average Bonchev–Trinajstić information content (AvgIpc) is 3.65.